The Hall–Kier alpha value is -1.65. The Labute approximate surface area is 101 Å². The number of imidazole rings is 1. The number of unbranched alkanes of at least 4 members (excludes halogenated alkanes) is 1. The fraction of sp³-hybridized carbons (Fsp3) is 0.583. The van der Waals surface area contributed by atoms with Crippen molar-refractivity contribution in [3.63, 3.8) is 0 Å². The minimum atomic E-state index is 0.0862. The molecule has 1 N–H and O–H groups in total. The standard InChI is InChI=1S/C12H19N3O2/c1-10-13-9-11(14-10)6-7-15(2)12(17)5-3-4-8-16/h8-9H,3-7H2,1-2H3,(H,13,14). The first-order valence-corrected chi connectivity index (χ1v) is 5.81. The molecule has 5 heteroatoms. The number of carbonyl (C=O) groups excluding carboxylic acids is 2. The zero-order valence-electron chi connectivity index (χ0n) is 10.4. The zero-order chi connectivity index (χ0) is 12.7. The van der Waals surface area contributed by atoms with Gasteiger partial charge in [0.15, 0.2) is 0 Å². The summed E-state index contributed by atoms with van der Waals surface area (Å²) in [7, 11) is 1.78. The molecule has 0 fully saturated rings. The van der Waals surface area contributed by atoms with Crippen LogP contribution in [0.25, 0.3) is 0 Å². The number of carbonyl (C=O) groups is 2. The van der Waals surface area contributed by atoms with Crippen LogP contribution in [0.3, 0.4) is 0 Å². The van der Waals surface area contributed by atoms with Crippen molar-refractivity contribution in [2.24, 2.45) is 0 Å². The van der Waals surface area contributed by atoms with Gasteiger partial charge in [0.25, 0.3) is 0 Å². The summed E-state index contributed by atoms with van der Waals surface area (Å²) in [4.78, 5) is 30.7. The van der Waals surface area contributed by atoms with Gasteiger partial charge in [-0.25, -0.2) is 4.98 Å². The maximum atomic E-state index is 11.6. The molecule has 1 amide bonds. The topological polar surface area (TPSA) is 66.1 Å². The lowest BCUT2D eigenvalue weighted by molar-refractivity contribution is -0.130. The fourth-order valence-electron chi connectivity index (χ4n) is 1.54. The van der Waals surface area contributed by atoms with Gasteiger partial charge in [-0.05, 0) is 13.3 Å². The molecule has 1 heterocycles. The van der Waals surface area contributed by atoms with Crippen LogP contribution < -0.4 is 0 Å². The lowest BCUT2D eigenvalue weighted by Crippen LogP contribution is -2.28. The Kier molecular flexibility index (Phi) is 5.39. The van der Waals surface area contributed by atoms with Crippen LogP contribution in [-0.2, 0) is 16.0 Å². The quantitative estimate of drug-likeness (QED) is 0.570. The molecule has 0 atom stereocenters. The first kappa shape index (κ1) is 13.4. The number of likely N-dealkylation sites (N-methyl/N-ethyl adjacent to an activating group) is 1. The van der Waals surface area contributed by atoms with Crippen LogP contribution in [0.2, 0.25) is 0 Å². The molecular weight excluding hydrogens is 218 g/mol. The lowest BCUT2D eigenvalue weighted by atomic mass is 10.2. The van der Waals surface area contributed by atoms with Crippen molar-refractivity contribution in [2.75, 3.05) is 13.6 Å². The van der Waals surface area contributed by atoms with Crippen molar-refractivity contribution in [3.8, 4) is 0 Å². The second-order valence-corrected chi connectivity index (χ2v) is 4.12. The van der Waals surface area contributed by atoms with Gasteiger partial charge in [0.2, 0.25) is 5.91 Å². The Bertz CT molecular complexity index is 374. The minimum Gasteiger partial charge on any atom is -0.346 e. The molecule has 1 rings (SSSR count). The number of hydrogen-bond donors (Lipinski definition) is 1. The third kappa shape index (κ3) is 4.80. The summed E-state index contributed by atoms with van der Waals surface area (Å²) >= 11 is 0. The van der Waals surface area contributed by atoms with E-state index in [-0.39, 0.29) is 5.91 Å². The van der Waals surface area contributed by atoms with Crippen molar-refractivity contribution in [3.05, 3.63) is 17.7 Å². The van der Waals surface area contributed by atoms with E-state index in [2.05, 4.69) is 9.97 Å². The maximum absolute atomic E-state index is 11.6. The smallest absolute Gasteiger partial charge is 0.222 e. The monoisotopic (exact) mass is 237 g/mol. The van der Waals surface area contributed by atoms with E-state index in [9.17, 15) is 9.59 Å². The molecule has 0 saturated carbocycles. The van der Waals surface area contributed by atoms with Crippen LogP contribution in [-0.4, -0.2) is 40.7 Å². The molecule has 0 aromatic carbocycles. The van der Waals surface area contributed by atoms with Gasteiger partial charge in [-0.2, -0.15) is 0 Å². The molecule has 0 unspecified atom stereocenters. The first-order chi connectivity index (χ1) is 8.13. The van der Waals surface area contributed by atoms with Gasteiger partial charge < -0.3 is 14.7 Å². The van der Waals surface area contributed by atoms with Gasteiger partial charge in [-0.15, -0.1) is 0 Å². The predicted molar refractivity (Wildman–Crippen MR) is 64.6 cm³/mol. The number of amides is 1. The minimum absolute atomic E-state index is 0.0862. The number of nitrogens with one attached hydrogen (secondary N) is 1. The lowest BCUT2D eigenvalue weighted by Gasteiger charge is -2.16. The molecule has 0 spiro atoms. The summed E-state index contributed by atoms with van der Waals surface area (Å²) in [6.07, 6.45) is 4.95. The normalized spacial score (nSPS) is 10.2. The number of nitrogens with zero attached hydrogens (tertiary/aromatic N) is 2. The molecule has 0 aliphatic carbocycles. The largest absolute Gasteiger partial charge is 0.346 e. The van der Waals surface area contributed by atoms with Crippen LogP contribution >= 0.6 is 0 Å². The number of H-pyrrole nitrogens is 1. The van der Waals surface area contributed by atoms with E-state index in [1.807, 2.05) is 6.92 Å². The summed E-state index contributed by atoms with van der Waals surface area (Å²) in [5, 5.41) is 0. The molecular formula is C12H19N3O2. The summed E-state index contributed by atoms with van der Waals surface area (Å²) in [5.74, 6) is 0.975. The fourth-order valence-corrected chi connectivity index (χ4v) is 1.54. The Balaban J connectivity index is 2.26. The highest BCUT2D eigenvalue weighted by molar-refractivity contribution is 5.76. The van der Waals surface area contributed by atoms with Crippen LogP contribution in [0.15, 0.2) is 6.20 Å². The van der Waals surface area contributed by atoms with E-state index >= 15 is 0 Å². The molecule has 0 aliphatic heterocycles. The first-order valence-electron chi connectivity index (χ1n) is 5.81. The number of aromatic nitrogens is 2. The third-order valence-corrected chi connectivity index (χ3v) is 2.61. The molecule has 1 aromatic heterocycles. The summed E-state index contributed by atoms with van der Waals surface area (Å²) < 4.78 is 0. The van der Waals surface area contributed by atoms with Gasteiger partial charge in [-0.3, -0.25) is 4.79 Å². The SMILES string of the molecule is Cc1ncc(CCN(C)C(=O)CCCC=O)[nH]1. The van der Waals surface area contributed by atoms with Gasteiger partial charge in [0, 0.05) is 44.7 Å². The Morgan fingerprint density at radius 3 is 2.94 bits per heavy atom. The van der Waals surface area contributed by atoms with Crippen molar-refractivity contribution in [1.29, 1.82) is 0 Å². The predicted octanol–water partition coefficient (Wildman–Crippen LogP) is 1.09. The Morgan fingerprint density at radius 1 is 1.59 bits per heavy atom. The Morgan fingerprint density at radius 2 is 2.35 bits per heavy atom. The number of aromatic amines is 1. The number of hydrogen-bond acceptors (Lipinski definition) is 3. The van der Waals surface area contributed by atoms with Crippen molar-refractivity contribution < 1.29 is 9.59 Å². The van der Waals surface area contributed by atoms with E-state index in [4.69, 9.17) is 0 Å². The van der Waals surface area contributed by atoms with E-state index < -0.39 is 0 Å². The molecule has 0 bridgehead atoms. The van der Waals surface area contributed by atoms with Crippen LogP contribution in [0.1, 0.15) is 30.8 Å². The summed E-state index contributed by atoms with van der Waals surface area (Å²) in [5.41, 5.74) is 1.04. The second kappa shape index (κ2) is 6.83. The van der Waals surface area contributed by atoms with Gasteiger partial charge in [0.1, 0.15) is 12.1 Å². The second-order valence-electron chi connectivity index (χ2n) is 4.12. The summed E-state index contributed by atoms with van der Waals surface area (Å²) in [6.45, 7) is 2.57. The maximum Gasteiger partial charge on any atom is 0.222 e. The van der Waals surface area contributed by atoms with Crippen LogP contribution in [0.5, 0.6) is 0 Å². The molecule has 0 saturated heterocycles. The number of aldehydes is 1. The molecule has 0 radical (unpaired) electrons. The average molecular weight is 237 g/mol. The van der Waals surface area contributed by atoms with Gasteiger partial charge in [-0.1, -0.05) is 0 Å². The van der Waals surface area contributed by atoms with Crippen molar-refractivity contribution in [2.45, 2.75) is 32.6 Å². The van der Waals surface area contributed by atoms with E-state index in [0.29, 0.717) is 25.8 Å². The van der Waals surface area contributed by atoms with Gasteiger partial charge in [0.05, 0.1) is 0 Å². The third-order valence-electron chi connectivity index (χ3n) is 2.61. The summed E-state index contributed by atoms with van der Waals surface area (Å²) in [6, 6.07) is 0. The molecule has 5 nitrogen and oxygen atoms in total. The van der Waals surface area contributed by atoms with E-state index in [0.717, 1.165) is 24.2 Å². The molecule has 17 heavy (non-hydrogen) atoms. The molecule has 94 valence electrons. The average Bonchev–Trinajstić information content (AvgIpc) is 2.72. The molecule has 0 aliphatic rings. The number of aryl methyl sites for hydroxylation is 1. The van der Waals surface area contributed by atoms with Crippen LogP contribution in [0, 0.1) is 6.92 Å². The highest BCUT2D eigenvalue weighted by Crippen LogP contribution is 2.01. The zero-order valence-corrected chi connectivity index (χ0v) is 10.4. The highest BCUT2D eigenvalue weighted by Gasteiger charge is 2.08. The molecule has 1 aromatic rings. The van der Waals surface area contributed by atoms with Crippen molar-refractivity contribution >= 4 is 12.2 Å². The van der Waals surface area contributed by atoms with Crippen LogP contribution in [0.4, 0.5) is 0 Å². The van der Waals surface area contributed by atoms with E-state index in [1.165, 1.54) is 0 Å². The highest BCUT2D eigenvalue weighted by atomic mass is 16.2. The van der Waals surface area contributed by atoms with E-state index in [1.54, 1.807) is 18.1 Å². The van der Waals surface area contributed by atoms with Gasteiger partial charge >= 0.3 is 0 Å². The number of rotatable bonds is 7. The van der Waals surface area contributed by atoms with Crippen molar-refractivity contribution in [1.82, 2.24) is 14.9 Å².